The highest BCUT2D eigenvalue weighted by Gasteiger charge is 2.12. The zero-order valence-corrected chi connectivity index (χ0v) is 9.99. The van der Waals surface area contributed by atoms with Crippen LogP contribution in [0.4, 0.5) is 0 Å². The lowest BCUT2D eigenvalue weighted by Crippen LogP contribution is -2.05. The molecule has 18 heavy (non-hydrogen) atoms. The first-order valence-electron chi connectivity index (χ1n) is 5.27. The summed E-state index contributed by atoms with van der Waals surface area (Å²) in [6, 6.07) is 11.7. The van der Waals surface area contributed by atoms with Gasteiger partial charge in [-0.1, -0.05) is 30.3 Å². The van der Waals surface area contributed by atoms with E-state index in [0.717, 1.165) is 10.6 Å². The highest BCUT2D eigenvalue weighted by molar-refractivity contribution is 7.21. The highest BCUT2D eigenvalue weighted by Crippen LogP contribution is 2.29. The van der Waals surface area contributed by atoms with Crippen LogP contribution in [0.5, 0.6) is 0 Å². The molecule has 0 atom stereocenters. The summed E-state index contributed by atoms with van der Waals surface area (Å²) in [4.78, 5) is 18.5. The third kappa shape index (κ3) is 1.60. The summed E-state index contributed by atoms with van der Waals surface area (Å²) in [5, 5.41) is 9.76. The molecule has 0 radical (unpaired) electrons. The van der Waals surface area contributed by atoms with Crippen molar-refractivity contribution in [3.8, 4) is 16.6 Å². The van der Waals surface area contributed by atoms with Crippen molar-refractivity contribution in [3.63, 3.8) is 0 Å². The lowest BCUT2D eigenvalue weighted by molar-refractivity contribution is 1.24. The normalized spacial score (nSPS) is 10.4. The smallest absolute Gasteiger partial charge is 0.275 e. The Kier molecular flexibility index (Phi) is 2.43. The van der Waals surface area contributed by atoms with Gasteiger partial charge in [-0.15, -0.1) is 11.3 Å². The molecule has 2 heterocycles. The third-order valence-electron chi connectivity index (χ3n) is 2.58. The number of fused-ring (bicyclic) bond motifs is 1. The Labute approximate surface area is 106 Å². The lowest BCUT2D eigenvalue weighted by Gasteiger charge is -1.92. The summed E-state index contributed by atoms with van der Waals surface area (Å²) >= 11 is 1.36. The first-order chi connectivity index (χ1) is 8.79. The number of aromatic nitrogens is 2. The molecular formula is C13H7N3OS. The Hall–Kier alpha value is -2.45. The van der Waals surface area contributed by atoms with Gasteiger partial charge in [-0.05, 0) is 0 Å². The Morgan fingerprint density at radius 1 is 1.28 bits per heavy atom. The molecule has 0 fully saturated rings. The molecular weight excluding hydrogens is 246 g/mol. The minimum Gasteiger partial charge on any atom is -0.326 e. The fourth-order valence-corrected chi connectivity index (χ4v) is 2.75. The number of aromatic amines is 1. The van der Waals surface area contributed by atoms with Crippen molar-refractivity contribution < 1.29 is 0 Å². The number of benzene rings is 1. The average Bonchev–Trinajstić information content (AvgIpc) is 2.86. The van der Waals surface area contributed by atoms with E-state index in [1.54, 1.807) is 0 Å². The minimum atomic E-state index is -0.262. The Balaban J connectivity index is 2.33. The van der Waals surface area contributed by atoms with Gasteiger partial charge in [0, 0.05) is 11.8 Å². The van der Waals surface area contributed by atoms with Crippen molar-refractivity contribution in [2.24, 2.45) is 0 Å². The van der Waals surface area contributed by atoms with E-state index in [4.69, 9.17) is 5.26 Å². The van der Waals surface area contributed by atoms with Gasteiger partial charge in [0.2, 0.25) is 0 Å². The van der Waals surface area contributed by atoms with Gasteiger partial charge in [0.15, 0.2) is 0 Å². The Morgan fingerprint density at radius 3 is 2.78 bits per heavy atom. The Bertz CT molecular complexity index is 812. The molecule has 0 saturated carbocycles. The topological polar surface area (TPSA) is 69.5 Å². The Morgan fingerprint density at radius 2 is 2.06 bits per heavy atom. The van der Waals surface area contributed by atoms with Crippen LogP contribution in [0.3, 0.4) is 0 Å². The third-order valence-corrected chi connectivity index (χ3v) is 3.71. The van der Waals surface area contributed by atoms with Crippen molar-refractivity contribution in [1.82, 2.24) is 9.97 Å². The van der Waals surface area contributed by atoms with Gasteiger partial charge < -0.3 is 4.98 Å². The summed E-state index contributed by atoms with van der Waals surface area (Å²) in [5.74, 6) is 0. The number of nitriles is 1. The monoisotopic (exact) mass is 253 g/mol. The summed E-state index contributed by atoms with van der Waals surface area (Å²) in [7, 11) is 0. The maximum Gasteiger partial charge on any atom is 0.275 e. The van der Waals surface area contributed by atoms with Gasteiger partial charge in [0.1, 0.15) is 16.6 Å². The van der Waals surface area contributed by atoms with Crippen LogP contribution in [0.25, 0.3) is 20.8 Å². The van der Waals surface area contributed by atoms with Crippen molar-refractivity contribution in [2.75, 3.05) is 0 Å². The summed E-state index contributed by atoms with van der Waals surface area (Å²) < 4.78 is 0.639. The molecule has 0 saturated heterocycles. The van der Waals surface area contributed by atoms with Gasteiger partial charge in [-0.25, -0.2) is 4.98 Å². The van der Waals surface area contributed by atoms with Crippen LogP contribution in [0.2, 0.25) is 0 Å². The maximum absolute atomic E-state index is 11.7. The van der Waals surface area contributed by atoms with E-state index in [9.17, 15) is 4.79 Å². The fourth-order valence-electron chi connectivity index (χ4n) is 1.72. The van der Waals surface area contributed by atoms with Gasteiger partial charge in [-0.3, -0.25) is 4.79 Å². The SMILES string of the molecule is N#Cc1c[nH]c(=O)c2nc(-c3ccccc3)sc12. The van der Waals surface area contributed by atoms with E-state index in [1.807, 2.05) is 30.3 Å². The maximum atomic E-state index is 11.7. The van der Waals surface area contributed by atoms with E-state index >= 15 is 0 Å². The number of nitrogens with one attached hydrogen (secondary N) is 1. The van der Waals surface area contributed by atoms with Crippen LogP contribution >= 0.6 is 11.3 Å². The fraction of sp³-hybridized carbons (Fsp3) is 0. The molecule has 0 spiro atoms. The van der Waals surface area contributed by atoms with Crippen LogP contribution < -0.4 is 5.56 Å². The highest BCUT2D eigenvalue weighted by atomic mass is 32.1. The van der Waals surface area contributed by atoms with E-state index in [-0.39, 0.29) is 5.56 Å². The average molecular weight is 253 g/mol. The number of thiazole rings is 1. The molecule has 3 aromatic rings. The number of nitrogens with zero attached hydrogens (tertiary/aromatic N) is 2. The van der Waals surface area contributed by atoms with E-state index < -0.39 is 0 Å². The molecule has 0 aliphatic heterocycles. The molecule has 0 aliphatic carbocycles. The number of hydrogen-bond acceptors (Lipinski definition) is 4. The molecule has 2 aromatic heterocycles. The van der Waals surface area contributed by atoms with Crippen molar-refractivity contribution >= 4 is 21.6 Å². The van der Waals surface area contributed by atoms with Gasteiger partial charge in [0.05, 0.1) is 10.3 Å². The van der Waals surface area contributed by atoms with Gasteiger partial charge in [0.25, 0.3) is 5.56 Å². The number of hydrogen-bond donors (Lipinski definition) is 1. The first kappa shape index (κ1) is 10.7. The molecule has 1 N–H and O–H groups in total. The lowest BCUT2D eigenvalue weighted by atomic mass is 10.2. The second kappa shape index (κ2) is 4.09. The standard InChI is InChI=1S/C13H7N3OS/c14-6-9-7-15-12(17)10-11(9)18-13(16-10)8-4-2-1-3-5-8/h1-5,7H,(H,15,17). The van der Waals surface area contributed by atoms with Gasteiger partial charge in [-0.2, -0.15) is 5.26 Å². The quantitative estimate of drug-likeness (QED) is 0.724. The van der Waals surface area contributed by atoms with E-state index in [1.165, 1.54) is 17.5 Å². The summed E-state index contributed by atoms with van der Waals surface area (Å²) in [6.07, 6.45) is 1.43. The van der Waals surface area contributed by atoms with Crippen LogP contribution in [0, 0.1) is 11.3 Å². The number of H-pyrrole nitrogens is 1. The van der Waals surface area contributed by atoms with Crippen molar-refractivity contribution in [1.29, 1.82) is 5.26 Å². The zero-order valence-electron chi connectivity index (χ0n) is 9.18. The van der Waals surface area contributed by atoms with Crippen LogP contribution in [0.1, 0.15) is 5.56 Å². The second-order valence-corrected chi connectivity index (χ2v) is 4.71. The molecule has 4 nitrogen and oxygen atoms in total. The van der Waals surface area contributed by atoms with Crippen LogP contribution in [0.15, 0.2) is 41.3 Å². The largest absolute Gasteiger partial charge is 0.326 e. The molecule has 1 aromatic carbocycles. The van der Waals surface area contributed by atoms with Crippen molar-refractivity contribution in [3.05, 3.63) is 52.4 Å². The van der Waals surface area contributed by atoms with E-state index in [0.29, 0.717) is 15.8 Å². The first-order valence-corrected chi connectivity index (χ1v) is 6.09. The molecule has 3 rings (SSSR count). The molecule has 0 aliphatic rings. The summed E-state index contributed by atoms with van der Waals surface area (Å²) in [5.41, 5.74) is 1.46. The van der Waals surface area contributed by atoms with Crippen LogP contribution in [-0.4, -0.2) is 9.97 Å². The molecule has 0 bridgehead atoms. The number of pyridine rings is 1. The van der Waals surface area contributed by atoms with Crippen molar-refractivity contribution in [2.45, 2.75) is 0 Å². The predicted molar refractivity (Wildman–Crippen MR) is 70.4 cm³/mol. The molecule has 0 amide bonds. The van der Waals surface area contributed by atoms with Crippen LogP contribution in [-0.2, 0) is 0 Å². The molecule has 0 unspecified atom stereocenters. The summed E-state index contributed by atoms with van der Waals surface area (Å²) in [6.45, 7) is 0. The molecule has 86 valence electrons. The zero-order chi connectivity index (χ0) is 12.5. The van der Waals surface area contributed by atoms with E-state index in [2.05, 4.69) is 16.0 Å². The number of rotatable bonds is 1. The minimum absolute atomic E-state index is 0.262. The molecule has 5 heteroatoms. The second-order valence-electron chi connectivity index (χ2n) is 3.71. The van der Waals surface area contributed by atoms with Gasteiger partial charge >= 0.3 is 0 Å². The predicted octanol–water partition coefficient (Wildman–Crippen LogP) is 2.52.